The molecule has 3 aliphatic rings. The van der Waals surface area contributed by atoms with Crippen molar-refractivity contribution >= 4 is 22.8 Å². The Labute approximate surface area is 182 Å². The number of carbonyl (C=O) groups is 1. The number of anilines is 1. The molecule has 1 amide bonds. The predicted molar refractivity (Wildman–Crippen MR) is 112 cm³/mol. The number of rotatable bonds is 4. The largest absolute Gasteiger partial charge is 0.390 e. The average Bonchev–Trinajstić information content (AvgIpc) is 3.20. The van der Waals surface area contributed by atoms with E-state index in [1.807, 2.05) is 30.3 Å². The van der Waals surface area contributed by atoms with E-state index >= 15 is 0 Å². The van der Waals surface area contributed by atoms with Crippen LogP contribution in [0.1, 0.15) is 34.9 Å². The lowest BCUT2D eigenvalue weighted by molar-refractivity contribution is 0.0201. The van der Waals surface area contributed by atoms with Gasteiger partial charge >= 0.3 is 0 Å². The Morgan fingerprint density at radius 2 is 1.94 bits per heavy atom. The fraction of sp³-hybridized carbons (Fsp3) is 0.455. The van der Waals surface area contributed by atoms with Crippen LogP contribution in [0.3, 0.4) is 0 Å². The van der Waals surface area contributed by atoms with Crippen LogP contribution in [-0.2, 0) is 0 Å². The van der Waals surface area contributed by atoms with Crippen molar-refractivity contribution in [2.24, 2.45) is 11.8 Å². The number of nitrogens with zero attached hydrogens (tertiary/aromatic N) is 4. The molecule has 0 bridgehead atoms. The SMILES string of the molecule is O=C(c1n[nH]c2ncnc(N[C@H]3[C@H](O)[C@H](O)[C@@H]4C[C@@H]43)c12)N1C[C@@H](F)C[C@@H]1c1ccccc1. The first-order valence-corrected chi connectivity index (χ1v) is 10.8. The van der Waals surface area contributed by atoms with E-state index in [9.17, 15) is 19.4 Å². The number of likely N-dealkylation sites (tertiary alicyclic amines) is 1. The van der Waals surface area contributed by atoms with E-state index < -0.39 is 24.3 Å². The number of amides is 1. The summed E-state index contributed by atoms with van der Waals surface area (Å²) in [6, 6.07) is 8.65. The smallest absolute Gasteiger partial charge is 0.275 e. The van der Waals surface area contributed by atoms with Crippen LogP contribution in [0.2, 0.25) is 0 Å². The van der Waals surface area contributed by atoms with Crippen LogP contribution in [0.15, 0.2) is 36.7 Å². The van der Waals surface area contributed by atoms with Gasteiger partial charge in [0.2, 0.25) is 0 Å². The van der Waals surface area contributed by atoms with Gasteiger partial charge < -0.3 is 20.4 Å². The van der Waals surface area contributed by atoms with Crippen LogP contribution in [0, 0.1) is 11.8 Å². The molecule has 10 heteroatoms. The number of carbonyl (C=O) groups excluding carboxylic acids is 1. The molecule has 6 rings (SSSR count). The van der Waals surface area contributed by atoms with E-state index in [-0.39, 0.29) is 42.6 Å². The van der Waals surface area contributed by atoms with Gasteiger partial charge in [-0.15, -0.1) is 0 Å². The number of aliphatic hydroxyl groups excluding tert-OH is 2. The Kier molecular flexibility index (Phi) is 4.41. The molecule has 1 aliphatic heterocycles. The van der Waals surface area contributed by atoms with Crippen molar-refractivity contribution in [3.8, 4) is 0 Å². The second kappa shape index (κ2) is 7.21. The molecule has 0 radical (unpaired) electrons. The van der Waals surface area contributed by atoms with E-state index in [1.54, 1.807) is 0 Å². The van der Waals surface area contributed by atoms with Crippen LogP contribution in [0.4, 0.5) is 10.2 Å². The number of H-pyrrole nitrogens is 1. The first-order chi connectivity index (χ1) is 15.5. The molecule has 166 valence electrons. The second-order valence-electron chi connectivity index (χ2n) is 8.95. The van der Waals surface area contributed by atoms with E-state index in [0.29, 0.717) is 16.9 Å². The minimum absolute atomic E-state index is 0.0134. The van der Waals surface area contributed by atoms with E-state index in [4.69, 9.17) is 0 Å². The fourth-order valence-corrected chi connectivity index (χ4v) is 5.37. The van der Waals surface area contributed by atoms with Crippen molar-refractivity contribution in [3.63, 3.8) is 0 Å². The third kappa shape index (κ3) is 2.97. The highest BCUT2D eigenvalue weighted by Gasteiger charge is 2.59. The number of fused-ring (bicyclic) bond motifs is 2. The molecule has 4 N–H and O–H groups in total. The molecular weight excluding hydrogens is 415 g/mol. The van der Waals surface area contributed by atoms with Gasteiger partial charge in [0.1, 0.15) is 24.4 Å². The maximum Gasteiger partial charge on any atom is 0.275 e. The summed E-state index contributed by atoms with van der Waals surface area (Å²) in [5.74, 6) is 0.204. The molecule has 0 unspecified atom stereocenters. The van der Waals surface area contributed by atoms with Gasteiger partial charge in [0.15, 0.2) is 11.3 Å². The van der Waals surface area contributed by atoms with E-state index in [2.05, 4.69) is 25.5 Å². The lowest BCUT2D eigenvalue weighted by Gasteiger charge is -2.25. The zero-order valence-corrected chi connectivity index (χ0v) is 17.1. The van der Waals surface area contributed by atoms with Gasteiger partial charge in [-0.05, 0) is 23.8 Å². The molecule has 3 aromatic rings. The van der Waals surface area contributed by atoms with Gasteiger partial charge in [-0.3, -0.25) is 9.89 Å². The zero-order chi connectivity index (χ0) is 22.0. The summed E-state index contributed by atoms with van der Waals surface area (Å²) >= 11 is 0. The Hall–Kier alpha value is -3.11. The lowest BCUT2D eigenvalue weighted by Crippen LogP contribution is -2.38. The quantitative estimate of drug-likeness (QED) is 0.485. The van der Waals surface area contributed by atoms with Gasteiger partial charge in [-0.25, -0.2) is 14.4 Å². The summed E-state index contributed by atoms with van der Waals surface area (Å²) in [6.07, 6.45) is -0.383. The summed E-state index contributed by atoms with van der Waals surface area (Å²) in [5, 5.41) is 31.1. The third-order valence-electron chi connectivity index (χ3n) is 7.07. The van der Waals surface area contributed by atoms with Crippen LogP contribution >= 0.6 is 0 Å². The van der Waals surface area contributed by atoms with Crippen molar-refractivity contribution < 1.29 is 19.4 Å². The number of aliphatic hydroxyl groups is 2. The molecule has 1 saturated heterocycles. The van der Waals surface area contributed by atoms with Gasteiger partial charge in [0.25, 0.3) is 5.91 Å². The molecular formula is C22H23FN6O3. The number of hydrogen-bond acceptors (Lipinski definition) is 7. The number of alkyl halides is 1. The number of halogens is 1. The summed E-state index contributed by atoms with van der Waals surface area (Å²) in [5.41, 5.74) is 1.36. The molecule has 7 atom stereocenters. The zero-order valence-electron chi connectivity index (χ0n) is 17.1. The van der Waals surface area contributed by atoms with Crippen molar-refractivity contribution in [1.29, 1.82) is 0 Å². The third-order valence-corrected chi connectivity index (χ3v) is 7.07. The normalized spacial score (nSPS) is 33.5. The minimum Gasteiger partial charge on any atom is -0.390 e. The fourth-order valence-electron chi connectivity index (χ4n) is 5.37. The first kappa shape index (κ1) is 19.6. The molecule has 2 aromatic heterocycles. The van der Waals surface area contributed by atoms with Gasteiger partial charge in [-0.2, -0.15) is 5.10 Å². The topological polar surface area (TPSA) is 127 Å². The van der Waals surface area contributed by atoms with Crippen molar-refractivity contribution in [1.82, 2.24) is 25.1 Å². The highest BCUT2D eigenvalue weighted by Crippen LogP contribution is 2.53. The molecule has 2 aliphatic carbocycles. The number of hydrogen-bond donors (Lipinski definition) is 4. The molecule has 0 spiro atoms. The van der Waals surface area contributed by atoms with Gasteiger partial charge in [0, 0.05) is 6.42 Å². The molecule has 9 nitrogen and oxygen atoms in total. The highest BCUT2D eigenvalue weighted by molar-refractivity contribution is 6.07. The highest BCUT2D eigenvalue weighted by atomic mass is 19.1. The maximum absolute atomic E-state index is 14.4. The Morgan fingerprint density at radius 3 is 2.69 bits per heavy atom. The Balaban J connectivity index is 1.35. The van der Waals surface area contributed by atoms with Crippen LogP contribution in [-0.4, -0.2) is 72.2 Å². The second-order valence-corrected chi connectivity index (χ2v) is 8.95. The van der Waals surface area contributed by atoms with Gasteiger partial charge in [-0.1, -0.05) is 30.3 Å². The van der Waals surface area contributed by atoms with Crippen molar-refractivity contribution in [3.05, 3.63) is 47.9 Å². The molecule has 1 aromatic carbocycles. The van der Waals surface area contributed by atoms with E-state index in [1.165, 1.54) is 11.2 Å². The maximum atomic E-state index is 14.4. The molecule has 2 saturated carbocycles. The van der Waals surface area contributed by atoms with Crippen molar-refractivity contribution in [2.75, 3.05) is 11.9 Å². The van der Waals surface area contributed by atoms with Crippen LogP contribution in [0.5, 0.6) is 0 Å². The summed E-state index contributed by atoms with van der Waals surface area (Å²) < 4.78 is 14.4. The predicted octanol–water partition coefficient (Wildman–Crippen LogP) is 1.43. The monoisotopic (exact) mass is 438 g/mol. The summed E-state index contributed by atoms with van der Waals surface area (Å²) in [4.78, 5) is 23.5. The molecule has 32 heavy (non-hydrogen) atoms. The number of nitrogens with one attached hydrogen (secondary N) is 2. The van der Waals surface area contributed by atoms with Crippen molar-refractivity contribution in [2.45, 2.75) is 43.3 Å². The summed E-state index contributed by atoms with van der Waals surface area (Å²) in [6.45, 7) is -0.0134. The van der Waals surface area contributed by atoms with Gasteiger partial charge in [0.05, 0.1) is 30.1 Å². The first-order valence-electron chi connectivity index (χ1n) is 10.8. The van der Waals surface area contributed by atoms with Crippen LogP contribution in [0.25, 0.3) is 11.0 Å². The minimum atomic E-state index is -1.12. The Bertz CT molecular complexity index is 1170. The number of aromatic amines is 1. The summed E-state index contributed by atoms with van der Waals surface area (Å²) in [7, 11) is 0. The number of aromatic nitrogens is 4. The average molecular weight is 438 g/mol. The van der Waals surface area contributed by atoms with E-state index in [0.717, 1.165) is 12.0 Å². The molecule has 3 fully saturated rings. The number of benzene rings is 1. The lowest BCUT2D eigenvalue weighted by atomic mass is 10.0. The Morgan fingerprint density at radius 1 is 1.12 bits per heavy atom. The standard InChI is InChI=1S/C22H23FN6O3/c23-11-6-14(10-4-2-1-3-5-10)29(8-11)22(32)17-15-20(24-9-25-21(15)28-27-17)26-16-12-7-13(12)18(30)19(16)31/h1-5,9,11-14,16,18-19,30-31H,6-8H2,(H2,24,25,26,27,28)/t11-,12-,13+,14+,16+,18+,19-/m0/s1. The van der Waals surface area contributed by atoms with Crippen LogP contribution < -0.4 is 5.32 Å². The molecule has 3 heterocycles.